The molecule has 4 rings (SSSR count). The number of alkyl halides is 3. The topological polar surface area (TPSA) is 113 Å². The first-order valence-corrected chi connectivity index (χ1v) is 10.8. The van der Waals surface area contributed by atoms with Gasteiger partial charge in [-0.3, -0.25) is 0 Å². The van der Waals surface area contributed by atoms with E-state index in [1.54, 1.807) is 24.3 Å². The van der Waals surface area contributed by atoms with Gasteiger partial charge in [0.2, 0.25) is 0 Å². The molecule has 0 atom stereocenters. The van der Waals surface area contributed by atoms with Gasteiger partial charge in [-0.05, 0) is 36.4 Å². The average molecular weight is 473 g/mol. The molecule has 2 N–H and O–H groups in total. The molecule has 11 heteroatoms. The van der Waals surface area contributed by atoms with Crippen molar-refractivity contribution in [3.63, 3.8) is 0 Å². The molecule has 0 saturated carbocycles. The Hall–Kier alpha value is -3.99. The van der Waals surface area contributed by atoms with Crippen molar-refractivity contribution < 1.29 is 31.8 Å². The number of halogens is 3. The van der Waals surface area contributed by atoms with E-state index in [9.17, 15) is 31.8 Å². The third-order valence-corrected chi connectivity index (χ3v) is 6.12. The summed E-state index contributed by atoms with van der Waals surface area (Å²) in [5, 5.41) is 20.5. The molecule has 168 valence electrons. The van der Waals surface area contributed by atoms with Crippen LogP contribution in [0.3, 0.4) is 0 Å². The number of phenolic OH excluding ortho intramolecular Hbond substituents is 2. The number of aromatic nitrogens is 3. The summed E-state index contributed by atoms with van der Waals surface area (Å²) in [6.07, 6.45) is 0. The molecule has 0 saturated heterocycles. The number of benzene rings is 3. The van der Waals surface area contributed by atoms with Gasteiger partial charge in [0.25, 0.3) is 9.84 Å². The van der Waals surface area contributed by atoms with Crippen LogP contribution in [0.15, 0.2) is 77.7 Å². The highest BCUT2D eigenvalue weighted by molar-refractivity contribution is 7.92. The minimum absolute atomic E-state index is 0.0274. The van der Waals surface area contributed by atoms with Crippen LogP contribution in [0.4, 0.5) is 13.2 Å². The standard InChI is InChI=1S/C22H14F3N3O4S/c23-22(24,25)33(31,32)14-7-5-6-13(12-14)19-26-20(15-8-1-3-10-17(15)29)28-21(27-19)16-9-2-4-11-18(16)30/h1-12,29-30H. The molecule has 0 unspecified atom stereocenters. The van der Waals surface area contributed by atoms with Crippen molar-refractivity contribution in [3.8, 4) is 45.7 Å². The zero-order valence-corrected chi connectivity index (χ0v) is 17.3. The molecule has 33 heavy (non-hydrogen) atoms. The summed E-state index contributed by atoms with van der Waals surface area (Å²) in [5.74, 6) is -0.529. The lowest BCUT2D eigenvalue weighted by Crippen LogP contribution is -2.23. The van der Waals surface area contributed by atoms with Crippen molar-refractivity contribution in [2.45, 2.75) is 10.4 Å². The molecule has 0 aliphatic rings. The third-order valence-electron chi connectivity index (χ3n) is 4.63. The molecule has 4 aromatic rings. The number of hydrogen-bond acceptors (Lipinski definition) is 7. The molecule has 7 nitrogen and oxygen atoms in total. The van der Waals surface area contributed by atoms with E-state index in [0.717, 1.165) is 18.2 Å². The quantitative estimate of drug-likeness (QED) is 0.446. The summed E-state index contributed by atoms with van der Waals surface area (Å²) in [5.41, 5.74) is -5.10. The maximum atomic E-state index is 13.0. The molecule has 1 aromatic heterocycles. The maximum absolute atomic E-state index is 13.0. The van der Waals surface area contributed by atoms with E-state index in [1.165, 1.54) is 30.3 Å². The largest absolute Gasteiger partial charge is 0.507 e. The molecule has 0 aliphatic carbocycles. The van der Waals surface area contributed by atoms with Gasteiger partial charge in [-0.15, -0.1) is 0 Å². The van der Waals surface area contributed by atoms with Crippen molar-refractivity contribution in [2.24, 2.45) is 0 Å². The predicted molar refractivity (Wildman–Crippen MR) is 113 cm³/mol. The van der Waals surface area contributed by atoms with Gasteiger partial charge in [0, 0.05) is 5.56 Å². The van der Waals surface area contributed by atoms with Crippen molar-refractivity contribution in [1.82, 2.24) is 15.0 Å². The average Bonchev–Trinajstić information content (AvgIpc) is 2.79. The molecule has 0 spiro atoms. The molecule has 0 radical (unpaired) electrons. The minimum Gasteiger partial charge on any atom is -0.507 e. The smallest absolute Gasteiger partial charge is 0.501 e. The van der Waals surface area contributed by atoms with Gasteiger partial charge in [-0.2, -0.15) is 13.2 Å². The van der Waals surface area contributed by atoms with Gasteiger partial charge in [-0.1, -0.05) is 36.4 Å². The lowest BCUT2D eigenvalue weighted by atomic mass is 10.1. The van der Waals surface area contributed by atoms with Crippen molar-refractivity contribution in [1.29, 1.82) is 0 Å². The summed E-state index contributed by atoms with van der Waals surface area (Å²) in [6, 6.07) is 16.3. The van der Waals surface area contributed by atoms with Crippen LogP contribution >= 0.6 is 0 Å². The third kappa shape index (κ3) is 4.22. The van der Waals surface area contributed by atoms with Crippen LogP contribution < -0.4 is 0 Å². The predicted octanol–water partition coefficient (Wildman–Crippen LogP) is 4.58. The summed E-state index contributed by atoms with van der Waals surface area (Å²) < 4.78 is 62.8. The number of rotatable bonds is 4. The second-order valence-electron chi connectivity index (χ2n) is 6.82. The summed E-state index contributed by atoms with van der Waals surface area (Å²) >= 11 is 0. The Balaban J connectivity index is 1.95. The normalized spacial score (nSPS) is 12.0. The first kappa shape index (κ1) is 22.2. The number of nitrogens with zero attached hydrogens (tertiary/aromatic N) is 3. The fourth-order valence-electron chi connectivity index (χ4n) is 3.01. The van der Waals surface area contributed by atoms with Crippen LogP contribution in [0.25, 0.3) is 34.2 Å². The van der Waals surface area contributed by atoms with Crippen LogP contribution in [-0.2, 0) is 9.84 Å². The van der Waals surface area contributed by atoms with Crippen molar-refractivity contribution >= 4 is 9.84 Å². The Bertz CT molecular complexity index is 1390. The van der Waals surface area contributed by atoms with E-state index in [-0.39, 0.29) is 45.7 Å². The molecular formula is C22H14F3N3O4S. The Kier molecular flexibility index (Phi) is 5.50. The SMILES string of the molecule is O=S(=O)(c1cccc(-c2nc(-c3ccccc3O)nc(-c3ccccc3O)n2)c1)C(F)(F)F. The van der Waals surface area contributed by atoms with Crippen LogP contribution in [0.5, 0.6) is 11.5 Å². The Morgan fingerprint density at radius 2 is 1.15 bits per heavy atom. The molecule has 0 bridgehead atoms. The number of aromatic hydroxyl groups is 2. The first-order chi connectivity index (χ1) is 15.6. The fraction of sp³-hybridized carbons (Fsp3) is 0.0455. The molecule has 0 aliphatic heterocycles. The summed E-state index contributed by atoms with van der Waals surface area (Å²) in [7, 11) is -5.60. The van der Waals surface area contributed by atoms with Crippen molar-refractivity contribution in [3.05, 3.63) is 72.8 Å². The first-order valence-electron chi connectivity index (χ1n) is 9.32. The summed E-state index contributed by atoms with van der Waals surface area (Å²) in [4.78, 5) is 11.8. The Morgan fingerprint density at radius 1 is 0.667 bits per heavy atom. The highest BCUT2D eigenvalue weighted by atomic mass is 32.2. The minimum atomic E-state index is -5.60. The second kappa shape index (κ2) is 8.17. The van der Waals surface area contributed by atoms with Crippen LogP contribution in [0, 0.1) is 0 Å². The fourth-order valence-corrected chi connectivity index (χ4v) is 3.81. The Morgan fingerprint density at radius 3 is 1.64 bits per heavy atom. The molecular weight excluding hydrogens is 459 g/mol. The lowest BCUT2D eigenvalue weighted by Gasteiger charge is -2.11. The highest BCUT2D eigenvalue weighted by Gasteiger charge is 2.46. The molecule has 0 amide bonds. The monoisotopic (exact) mass is 473 g/mol. The van der Waals surface area contributed by atoms with Crippen molar-refractivity contribution in [2.75, 3.05) is 0 Å². The molecule has 1 heterocycles. The van der Waals surface area contributed by atoms with Gasteiger partial charge >= 0.3 is 5.51 Å². The second-order valence-corrected chi connectivity index (χ2v) is 8.76. The van der Waals surface area contributed by atoms with E-state index in [2.05, 4.69) is 15.0 Å². The lowest BCUT2D eigenvalue weighted by molar-refractivity contribution is -0.0436. The highest BCUT2D eigenvalue weighted by Crippen LogP contribution is 2.34. The molecule has 3 aromatic carbocycles. The zero-order chi connectivity index (χ0) is 23.8. The zero-order valence-electron chi connectivity index (χ0n) is 16.5. The van der Waals surface area contributed by atoms with E-state index < -0.39 is 20.2 Å². The van der Waals surface area contributed by atoms with Crippen LogP contribution in [0.1, 0.15) is 0 Å². The number of hydrogen-bond donors (Lipinski definition) is 2. The van der Waals surface area contributed by atoms with E-state index in [1.807, 2.05) is 0 Å². The maximum Gasteiger partial charge on any atom is 0.501 e. The van der Waals surface area contributed by atoms with Gasteiger partial charge in [0.15, 0.2) is 17.5 Å². The van der Waals surface area contributed by atoms with Gasteiger partial charge in [0.05, 0.1) is 16.0 Å². The van der Waals surface area contributed by atoms with E-state index in [4.69, 9.17) is 0 Å². The van der Waals surface area contributed by atoms with E-state index in [0.29, 0.717) is 0 Å². The van der Waals surface area contributed by atoms with Gasteiger partial charge < -0.3 is 10.2 Å². The number of sulfone groups is 1. The number of phenols is 2. The summed E-state index contributed by atoms with van der Waals surface area (Å²) in [6.45, 7) is 0. The Labute approximate surface area is 185 Å². The van der Waals surface area contributed by atoms with Gasteiger partial charge in [0.1, 0.15) is 11.5 Å². The van der Waals surface area contributed by atoms with Crippen LogP contribution in [0.2, 0.25) is 0 Å². The molecule has 0 fully saturated rings. The van der Waals surface area contributed by atoms with Gasteiger partial charge in [-0.25, -0.2) is 23.4 Å². The number of para-hydroxylation sites is 2. The van der Waals surface area contributed by atoms with Crippen LogP contribution in [-0.4, -0.2) is 39.1 Å². The van der Waals surface area contributed by atoms with E-state index >= 15 is 0 Å².